The van der Waals surface area contributed by atoms with Gasteiger partial charge in [-0.1, -0.05) is 30.3 Å². The lowest BCUT2D eigenvalue weighted by atomic mass is 9.86. The molecule has 2 aromatic carbocycles. The van der Waals surface area contributed by atoms with Crippen molar-refractivity contribution in [1.29, 1.82) is 0 Å². The van der Waals surface area contributed by atoms with Gasteiger partial charge in [0, 0.05) is 17.1 Å². The van der Waals surface area contributed by atoms with E-state index in [0.717, 1.165) is 0 Å². The minimum Gasteiger partial charge on any atom is -0.497 e. The standard InChI is InChI=1S/C26H31NO6/c1-24(2,3)32-22(28)26(30,17-12-14-18(31-7)15-13-17)20-16-27(23(29)33-25(4,5)6)21-11-9-8-10-19(20)21/h8-16,30H,1-7H3/t26-/m1/s1. The highest BCUT2D eigenvalue weighted by molar-refractivity contribution is 5.98. The van der Waals surface area contributed by atoms with E-state index in [4.69, 9.17) is 14.2 Å². The normalized spacial score (nSPS) is 13.9. The number of carbonyl (C=O) groups excluding carboxylic acids is 2. The minimum absolute atomic E-state index is 0.211. The van der Waals surface area contributed by atoms with Gasteiger partial charge >= 0.3 is 12.1 Å². The second kappa shape index (κ2) is 8.56. The van der Waals surface area contributed by atoms with E-state index in [1.165, 1.54) is 17.9 Å². The van der Waals surface area contributed by atoms with Crippen molar-refractivity contribution in [2.24, 2.45) is 0 Å². The van der Waals surface area contributed by atoms with Crippen molar-refractivity contribution in [3.05, 3.63) is 65.9 Å². The maximum atomic E-state index is 13.5. The van der Waals surface area contributed by atoms with Crippen LogP contribution in [0.1, 0.15) is 52.7 Å². The van der Waals surface area contributed by atoms with E-state index in [1.807, 2.05) is 0 Å². The summed E-state index contributed by atoms with van der Waals surface area (Å²) >= 11 is 0. The van der Waals surface area contributed by atoms with Crippen LogP contribution >= 0.6 is 0 Å². The van der Waals surface area contributed by atoms with E-state index >= 15 is 0 Å². The third-order valence-corrected chi connectivity index (χ3v) is 4.89. The van der Waals surface area contributed by atoms with E-state index in [-0.39, 0.29) is 11.1 Å². The summed E-state index contributed by atoms with van der Waals surface area (Å²) in [6, 6.07) is 13.5. The van der Waals surface area contributed by atoms with Crippen molar-refractivity contribution in [2.75, 3.05) is 7.11 Å². The zero-order valence-corrected chi connectivity index (χ0v) is 20.1. The van der Waals surface area contributed by atoms with Crippen LogP contribution in [0.2, 0.25) is 0 Å². The number of fused-ring (bicyclic) bond motifs is 1. The molecule has 1 aromatic heterocycles. The Labute approximate surface area is 193 Å². The van der Waals surface area contributed by atoms with Gasteiger partial charge in [0.2, 0.25) is 5.60 Å². The van der Waals surface area contributed by atoms with Crippen LogP contribution in [-0.2, 0) is 19.9 Å². The molecule has 1 heterocycles. The molecule has 0 saturated carbocycles. The maximum Gasteiger partial charge on any atom is 0.419 e. The molecular formula is C26H31NO6. The molecule has 0 aliphatic carbocycles. The minimum atomic E-state index is -2.19. The van der Waals surface area contributed by atoms with Gasteiger partial charge in [0.1, 0.15) is 17.0 Å². The summed E-state index contributed by atoms with van der Waals surface area (Å²) in [5.41, 5.74) is -2.77. The number of carbonyl (C=O) groups is 2. The van der Waals surface area contributed by atoms with E-state index in [0.29, 0.717) is 16.7 Å². The lowest BCUT2D eigenvalue weighted by Gasteiger charge is -2.30. The molecule has 3 rings (SSSR count). The van der Waals surface area contributed by atoms with Crippen molar-refractivity contribution < 1.29 is 28.9 Å². The molecule has 0 aliphatic rings. The highest BCUT2D eigenvalue weighted by atomic mass is 16.6. The molecule has 33 heavy (non-hydrogen) atoms. The largest absolute Gasteiger partial charge is 0.497 e. The number of aromatic nitrogens is 1. The van der Waals surface area contributed by atoms with Crippen LogP contribution in [0.15, 0.2) is 54.7 Å². The molecule has 0 saturated heterocycles. The molecule has 0 spiro atoms. The Kier molecular flexibility index (Phi) is 6.31. The number of methoxy groups -OCH3 is 1. The highest BCUT2D eigenvalue weighted by Gasteiger charge is 2.46. The summed E-state index contributed by atoms with van der Waals surface area (Å²) in [5.74, 6) is -0.284. The van der Waals surface area contributed by atoms with Gasteiger partial charge in [0.15, 0.2) is 0 Å². The Hall–Kier alpha value is -3.32. The third-order valence-electron chi connectivity index (χ3n) is 4.89. The van der Waals surface area contributed by atoms with E-state index < -0.39 is 28.9 Å². The van der Waals surface area contributed by atoms with Crippen molar-refractivity contribution in [1.82, 2.24) is 4.57 Å². The molecule has 0 aliphatic heterocycles. The van der Waals surface area contributed by atoms with Gasteiger partial charge in [-0.3, -0.25) is 4.57 Å². The smallest absolute Gasteiger partial charge is 0.419 e. The molecule has 7 heteroatoms. The van der Waals surface area contributed by atoms with Crippen molar-refractivity contribution in [3.8, 4) is 5.75 Å². The molecular weight excluding hydrogens is 422 g/mol. The summed E-state index contributed by atoms with van der Waals surface area (Å²) in [7, 11) is 1.53. The highest BCUT2D eigenvalue weighted by Crippen LogP contribution is 2.38. The summed E-state index contributed by atoms with van der Waals surface area (Å²) < 4.78 is 17.7. The molecule has 1 atom stereocenters. The number of esters is 1. The first-order valence-corrected chi connectivity index (χ1v) is 10.7. The van der Waals surface area contributed by atoms with Crippen molar-refractivity contribution in [2.45, 2.75) is 58.3 Å². The van der Waals surface area contributed by atoms with Crippen LogP contribution < -0.4 is 4.74 Å². The van der Waals surface area contributed by atoms with E-state index in [1.54, 1.807) is 90.1 Å². The number of benzene rings is 2. The average molecular weight is 454 g/mol. The fourth-order valence-electron chi connectivity index (χ4n) is 3.50. The summed E-state index contributed by atoms with van der Waals surface area (Å²) in [4.78, 5) is 26.4. The lowest BCUT2D eigenvalue weighted by Crippen LogP contribution is -2.42. The van der Waals surface area contributed by atoms with Crippen LogP contribution in [0.3, 0.4) is 0 Å². The second-order valence-electron chi connectivity index (χ2n) is 9.85. The van der Waals surface area contributed by atoms with Gasteiger partial charge in [-0.05, 0) is 65.3 Å². The maximum absolute atomic E-state index is 13.5. The van der Waals surface area contributed by atoms with Crippen LogP contribution in [-0.4, -0.2) is 40.0 Å². The fourth-order valence-corrected chi connectivity index (χ4v) is 3.50. The molecule has 0 radical (unpaired) electrons. The first kappa shape index (κ1) is 24.3. The fraction of sp³-hybridized carbons (Fsp3) is 0.385. The number of hydrogen-bond acceptors (Lipinski definition) is 6. The Bertz CT molecular complexity index is 1160. The van der Waals surface area contributed by atoms with Gasteiger partial charge in [0.05, 0.1) is 12.6 Å². The summed E-state index contributed by atoms with van der Waals surface area (Å²) in [6.45, 7) is 10.5. The van der Waals surface area contributed by atoms with Gasteiger partial charge in [0.25, 0.3) is 0 Å². The van der Waals surface area contributed by atoms with Gasteiger partial charge in [-0.2, -0.15) is 0 Å². The number of aliphatic hydroxyl groups is 1. The van der Waals surface area contributed by atoms with E-state index in [2.05, 4.69) is 0 Å². The molecule has 176 valence electrons. The Morgan fingerprint density at radius 3 is 1.97 bits per heavy atom. The van der Waals surface area contributed by atoms with Crippen molar-refractivity contribution in [3.63, 3.8) is 0 Å². The molecule has 0 fully saturated rings. The van der Waals surface area contributed by atoms with Gasteiger partial charge in [-0.25, -0.2) is 9.59 Å². The Morgan fingerprint density at radius 1 is 0.848 bits per heavy atom. The van der Waals surface area contributed by atoms with Gasteiger partial charge < -0.3 is 19.3 Å². The predicted molar refractivity (Wildman–Crippen MR) is 125 cm³/mol. The average Bonchev–Trinajstić information content (AvgIpc) is 3.11. The lowest BCUT2D eigenvalue weighted by molar-refractivity contribution is -0.173. The van der Waals surface area contributed by atoms with Crippen LogP contribution in [0.4, 0.5) is 4.79 Å². The first-order valence-electron chi connectivity index (χ1n) is 10.7. The predicted octanol–water partition coefficient (Wildman–Crippen LogP) is 5.01. The topological polar surface area (TPSA) is 87.0 Å². The number of hydrogen-bond donors (Lipinski definition) is 1. The zero-order valence-electron chi connectivity index (χ0n) is 20.1. The third kappa shape index (κ3) is 5.03. The van der Waals surface area contributed by atoms with Crippen LogP contribution in [0, 0.1) is 0 Å². The monoisotopic (exact) mass is 453 g/mol. The van der Waals surface area contributed by atoms with Crippen molar-refractivity contribution >= 4 is 23.0 Å². The molecule has 1 N–H and O–H groups in total. The SMILES string of the molecule is COc1ccc([C@](O)(C(=O)OC(C)(C)C)c2cn(C(=O)OC(C)(C)C)c3ccccc23)cc1. The summed E-state index contributed by atoms with van der Waals surface area (Å²) in [6.07, 6.45) is 0.818. The van der Waals surface area contributed by atoms with E-state index in [9.17, 15) is 14.7 Å². The number of ether oxygens (including phenoxy) is 3. The molecule has 0 unspecified atom stereocenters. The van der Waals surface area contributed by atoms with Crippen LogP contribution in [0.25, 0.3) is 10.9 Å². The number of rotatable bonds is 4. The molecule has 0 bridgehead atoms. The molecule has 0 amide bonds. The molecule has 7 nitrogen and oxygen atoms in total. The first-order chi connectivity index (χ1) is 15.3. The summed E-state index contributed by atoms with van der Waals surface area (Å²) in [5, 5.41) is 12.5. The molecule has 3 aromatic rings. The quantitative estimate of drug-likeness (QED) is 0.559. The van der Waals surface area contributed by atoms with Gasteiger partial charge in [-0.15, -0.1) is 0 Å². The number of para-hydroxylation sites is 1. The second-order valence-corrected chi connectivity index (χ2v) is 9.85. The number of nitrogens with zero attached hydrogens (tertiary/aromatic N) is 1. The Morgan fingerprint density at radius 2 is 1.42 bits per heavy atom. The Balaban J connectivity index is 2.27. The zero-order chi connectivity index (χ0) is 24.6. The van der Waals surface area contributed by atoms with Crippen LogP contribution in [0.5, 0.6) is 5.75 Å².